The van der Waals surface area contributed by atoms with E-state index >= 15 is 0 Å². The topological polar surface area (TPSA) is 97.2 Å². The Morgan fingerprint density at radius 2 is 2.08 bits per heavy atom. The lowest BCUT2D eigenvalue weighted by Crippen LogP contribution is -2.56. The van der Waals surface area contributed by atoms with Crippen LogP contribution in [-0.2, 0) is 4.74 Å². The van der Waals surface area contributed by atoms with Gasteiger partial charge in [0.2, 0.25) is 0 Å². The number of ether oxygens (including phenoxy) is 1. The zero-order chi connectivity index (χ0) is 17.7. The first-order valence-corrected chi connectivity index (χ1v) is 8.23. The number of nitrogens with one attached hydrogen (secondary N) is 2. The fourth-order valence-electron chi connectivity index (χ4n) is 3.00. The van der Waals surface area contributed by atoms with E-state index in [4.69, 9.17) is 4.74 Å². The summed E-state index contributed by atoms with van der Waals surface area (Å²) in [5, 5.41) is 17.0. The van der Waals surface area contributed by atoms with Crippen molar-refractivity contribution in [1.29, 1.82) is 0 Å². The van der Waals surface area contributed by atoms with E-state index in [9.17, 15) is 4.79 Å². The summed E-state index contributed by atoms with van der Waals surface area (Å²) in [6.45, 7) is 1.98. The second-order valence-corrected chi connectivity index (χ2v) is 6.31. The molecule has 0 bridgehead atoms. The van der Waals surface area contributed by atoms with Gasteiger partial charge in [-0.2, -0.15) is 4.68 Å². The molecule has 0 unspecified atom stereocenters. The van der Waals surface area contributed by atoms with Crippen molar-refractivity contribution >= 4 is 11.7 Å². The van der Waals surface area contributed by atoms with Crippen LogP contribution in [0.2, 0.25) is 0 Å². The smallest absolute Gasteiger partial charge is 0.319 e. The van der Waals surface area contributed by atoms with Gasteiger partial charge >= 0.3 is 6.03 Å². The summed E-state index contributed by atoms with van der Waals surface area (Å²) in [5.74, 6) is 0. The maximum atomic E-state index is 12.4. The SMILES string of the molecule is CN(C)C1(CNC(=O)Nc2ccccc2-n2cnnn2)CCOCC1. The Morgan fingerprint density at radius 1 is 1.32 bits per heavy atom. The molecule has 1 fully saturated rings. The van der Waals surface area contributed by atoms with Crippen molar-refractivity contribution in [1.82, 2.24) is 30.4 Å². The second kappa shape index (κ2) is 7.58. The second-order valence-electron chi connectivity index (χ2n) is 6.31. The number of hydrogen-bond acceptors (Lipinski definition) is 6. The molecule has 0 saturated carbocycles. The van der Waals surface area contributed by atoms with Crippen molar-refractivity contribution in [2.45, 2.75) is 18.4 Å². The van der Waals surface area contributed by atoms with Gasteiger partial charge in [-0.05, 0) is 49.5 Å². The van der Waals surface area contributed by atoms with Gasteiger partial charge in [-0.1, -0.05) is 12.1 Å². The molecule has 0 aliphatic carbocycles. The van der Waals surface area contributed by atoms with Gasteiger partial charge in [-0.3, -0.25) is 0 Å². The molecule has 9 nitrogen and oxygen atoms in total. The van der Waals surface area contributed by atoms with Crippen molar-refractivity contribution in [2.24, 2.45) is 0 Å². The number of carbonyl (C=O) groups is 1. The molecule has 25 heavy (non-hydrogen) atoms. The Hall–Kier alpha value is -2.52. The van der Waals surface area contributed by atoms with E-state index in [0.29, 0.717) is 31.1 Å². The van der Waals surface area contributed by atoms with Gasteiger partial charge in [0.1, 0.15) is 6.33 Å². The molecule has 2 amide bonds. The highest BCUT2D eigenvalue weighted by Crippen LogP contribution is 2.25. The molecule has 1 aliphatic rings. The molecule has 134 valence electrons. The molecule has 2 aromatic rings. The van der Waals surface area contributed by atoms with E-state index in [1.807, 2.05) is 38.4 Å². The molecule has 0 spiro atoms. The summed E-state index contributed by atoms with van der Waals surface area (Å²) in [5.41, 5.74) is 1.26. The van der Waals surface area contributed by atoms with Crippen LogP contribution >= 0.6 is 0 Å². The molecule has 0 radical (unpaired) electrons. The maximum Gasteiger partial charge on any atom is 0.319 e. The zero-order valence-corrected chi connectivity index (χ0v) is 14.5. The van der Waals surface area contributed by atoms with Crippen molar-refractivity contribution < 1.29 is 9.53 Å². The molecular weight excluding hydrogens is 322 g/mol. The number of tetrazole rings is 1. The number of nitrogens with zero attached hydrogens (tertiary/aromatic N) is 5. The third kappa shape index (κ3) is 3.94. The highest BCUT2D eigenvalue weighted by molar-refractivity contribution is 5.91. The summed E-state index contributed by atoms with van der Waals surface area (Å²) < 4.78 is 6.97. The number of amides is 2. The van der Waals surface area contributed by atoms with Crippen LogP contribution < -0.4 is 10.6 Å². The summed E-state index contributed by atoms with van der Waals surface area (Å²) in [6.07, 6.45) is 3.27. The monoisotopic (exact) mass is 345 g/mol. The van der Waals surface area contributed by atoms with Crippen LogP contribution in [0, 0.1) is 0 Å². The first kappa shape index (κ1) is 17.3. The van der Waals surface area contributed by atoms with Gasteiger partial charge in [0.05, 0.1) is 11.4 Å². The average Bonchev–Trinajstić information content (AvgIpc) is 3.15. The van der Waals surface area contributed by atoms with E-state index < -0.39 is 0 Å². The standard InChI is InChI=1S/C16H23N7O2/c1-22(2)16(7-9-25-10-8-16)11-17-15(24)19-13-5-3-4-6-14(13)23-12-18-20-21-23/h3-6,12H,7-11H2,1-2H3,(H2,17,19,24). The van der Waals surface area contributed by atoms with E-state index in [-0.39, 0.29) is 11.6 Å². The lowest BCUT2D eigenvalue weighted by molar-refractivity contribution is -0.00553. The van der Waals surface area contributed by atoms with Crippen LogP contribution in [0.5, 0.6) is 0 Å². The Balaban J connectivity index is 1.65. The minimum absolute atomic E-state index is 0.0784. The minimum atomic E-state index is -0.256. The number of anilines is 1. The number of rotatable bonds is 5. The quantitative estimate of drug-likeness (QED) is 0.835. The first-order valence-electron chi connectivity index (χ1n) is 8.23. The van der Waals surface area contributed by atoms with Crippen LogP contribution in [0.3, 0.4) is 0 Å². The predicted molar refractivity (Wildman–Crippen MR) is 92.6 cm³/mol. The number of aromatic nitrogens is 4. The van der Waals surface area contributed by atoms with Crippen molar-refractivity contribution in [3.05, 3.63) is 30.6 Å². The highest BCUT2D eigenvalue weighted by atomic mass is 16.5. The fourth-order valence-corrected chi connectivity index (χ4v) is 3.00. The van der Waals surface area contributed by atoms with Gasteiger partial charge in [0.15, 0.2) is 0 Å². The lowest BCUT2D eigenvalue weighted by atomic mass is 9.88. The molecule has 3 rings (SSSR count). The van der Waals surface area contributed by atoms with Crippen molar-refractivity contribution in [2.75, 3.05) is 39.2 Å². The zero-order valence-electron chi connectivity index (χ0n) is 14.5. The third-order valence-corrected chi connectivity index (χ3v) is 4.70. The predicted octanol–water partition coefficient (Wildman–Crippen LogP) is 0.895. The molecule has 0 atom stereocenters. The molecule has 1 aromatic heterocycles. The van der Waals surface area contributed by atoms with Gasteiger partial charge in [0.25, 0.3) is 0 Å². The number of urea groups is 1. The normalized spacial score (nSPS) is 16.6. The highest BCUT2D eigenvalue weighted by Gasteiger charge is 2.35. The molecular formula is C16H23N7O2. The number of benzene rings is 1. The Labute approximate surface area is 146 Å². The minimum Gasteiger partial charge on any atom is -0.381 e. The number of para-hydroxylation sites is 2. The third-order valence-electron chi connectivity index (χ3n) is 4.70. The fraction of sp³-hybridized carbons (Fsp3) is 0.500. The number of likely N-dealkylation sites (N-methyl/N-ethyl adjacent to an activating group) is 1. The molecule has 1 aliphatic heterocycles. The number of hydrogen-bond donors (Lipinski definition) is 2. The summed E-state index contributed by atoms with van der Waals surface area (Å²) in [6, 6.07) is 7.11. The van der Waals surface area contributed by atoms with E-state index in [1.54, 1.807) is 0 Å². The molecule has 9 heteroatoms. The van der Waals surface area contributed by atoms with Gasteiger partial charge in [-0.25, -0.2) is 4.79 Å². The van der Waals surface area contributed by atoms with E-state index in [2.05, 4.69) is 31.1 Å². The van der Waals surface area contributed by atoms with Gasteiger partial charge in [0, 0.05) is 25.3 Å². The van der Waals surface area contributed by atoms with Crippen LogP contribution in [0.1, 0.15) is 12.8 Å². The number of carbonyl (C=O) groups excluding carboxylic acids is 1. The largest absolute Gasteiger partial charge is 0.381 e. The summed E-state index contributed by atoms with van der Waals surface area (Å²) >= 11 is 0. The first-order chi connectivity index (χ1) is 12.1. The molecule has 1 aromatic carbocycles. The molecule has 2 heterocycles. The van der Waals surface area contributed by atoms with Crippen LogP contribution in [0.15, 0.2) is 30.6 Å². The van der Waals surface area contributed by atoms with Crippen molar-refractivity contribution in [3.63, 3.8) is 0 Å². The Bertz CT molecular complexity index is 696. The summed E-state index contributed by atoms with van der Waals surface area (Å²) in [4.78, 5) is 14.6. The van der Waals surface area contributed by atoms with Gasteiger partial charge < -0.3 is 20.3 Å². The molecule has 2 N–H and O–H groups in total. The maximum absolute atomic E-state index is 12.4. The van der Waals surface area contributed by atoms with Crippen molar-refractivity contribution in [3.8, 4) is 5.69 Å². The van der Waals surface area contributed by atoms with E-state index in [0.717, 1.165) is 12.8 Å². The molecule has 1 saturated heterocycles. The Kier molecular flexibility index (Phi) is 5.25. The van der Waals surface area contributed by atoms with Gasteiger partial charge in [-0.15, -0.1) is 5.10 Å². The van der Waals surface area contributed by atoms with Crippen LogP contribution in [0.4, 0.5) is 10.5 Å². The summed E-state index contributed by atoms with van der Waals surface area (Å²) in [7, 11) is 4.08. The van der Waals surface area contributed by atoms with Crippen LogP contribution in [-0.4, -0.2) is 70.5 Å². The van der Waals surface area contributed by atoms with E-state index in [1.165, 1.54) is 11.0 Å². The average molecular weight is 345 g/mol. The Morgan fingerprint density at radius 3 is 2.76 bits per heavy atom. The lowest BCUT2D eigenvalue weighted by Gasteiger charge is -2.42. The van der Waals surface area contributed by atoms with Crippen LogP contribution in [0.25, 0.3) is 5.69 Å².